The fraction of sp³-hybridized carbons (Fsp3) is 0. The molecule has 0 atom stereocenters. The molecule has 0 saturated heterocycles. The Morgan fingerprint density at radius 3 is 2.57 bits per heavy atom. The molecule has 1 aromatic rings. The number of rotatable bonds is 0. The van der Waals surface area contributed by atoms with Crippen LogP contribution in [0.1, 0.15) is 0 Å². The first-order valence-corrected chi connectivity index (χ1v) is 1.59. The molecule has 1 nitrogen and oxygen atoms in total. The summed E-state index contributed by atoms with van der Waals surface area (Å²) in [5.41, 5.74) is 0. The van der Waals surface area contributed by atoms with Crippen LogP contribution in [-0.2, 0) is 0 Å². The van der Waals surface area contributed by atoms with Crippen molar-refractivity contribution in [3.8, 4) is 0 Å². The normalized spacial score (nSPS) is 5.71. The van der Waals surface area contributed by atoms with Gasteiger partial charge in [-0.25, -0.2) is 0 Å². The van der Waals surface area contributed by atoms with E-state index in [0.717, 1.165) is 0 Å². The van der Waals surface area contributed by atoms with Crippen LogP contribution in [0.15, 0.2) is 12.4 Å². The van der Waals surface area contributed by atoms with Crippen LogP contribution in [-0.4, -0.2) is 4.98 Å². The minimum Gasteiger partial charge on any atom is -0.297 e. The zero-order valence-electron chi connectivity index (χ0n) is 4.10. The molecule has 0 spiro atoms. The summed E-state index contributed by atoms with van der Waals surface area (Å²) in [7, 11) is 0. The molecule has 0 radical (unpaired) electrons. The summed E-state index contributed by atoms with van der Waals surface area (Å²) in [5.74, 6) is 0. The smallest absolute Gasteiger partial charge is 0.297 e. The minimum absolute atomic E-state index is 0. The monoisotopic (exact) mass is 83.0 g/mol. The molecule has 2 heteroatoms. The summed E-state index contributed by atoms with van der Waals surface area (Å²) in [6.07, 6.45) is 3.08. The number of hydrogen-bond acceptors (Lipinski definition) is 1. The van der Waals surface area contributed by atoms with Crippen molar-refractivity contribution in [3.05, 3.63) is 30.6 Å². The average molecular weight is 83.0 g/mol. The van der Waals surface area contributed by atoms with Gasteiger partial charge in [-0.1, -0.05) is 6.20 Å². The van der Waals surface area contributed by atoms with Crippen LogP contribution in [0.3, 0.4) is 0 Å². The van der Waals surface area contributed by atoms with Gasteiger partial charge in [0.25, 0.3) is 0 Å². The Kier molecular flexibility index (Phi) is 3.52. The van der Waals surface area contributed by atoms with Crippen LogP contribution < -0.4 is 18.9 Å². The molecule has 1 rings (SSSR count). The summed E-state index contributed by atoms with van der Waals surface area (Å²) >= 11 is 0. The van der Waals surface area contributed by atoms with Gasteiger partial charge in [0.2, 0.25) is 0 Å². The summed E-state index contributed by atoms with van der Waals surface area (Å²) in [4.78, 5) is 3.64. The van der Waals surface area contributed by atoms with Gasteiger partial charge < -0.3 is 0 Å². The number of hydrogen-bond donors (Lipinski definition) is 0. The zero-order chi connectivity index (χ0) is 4.24. The van der Waals surface area contributed by atoms with Crippen LogP contribution in [0.4, 0.5) is 0 Å². The second kappa shape index (κ2) is 3.75. The summed E-state index contributed by atoms with van der Waals surface area (Å²) in [5, 5.41) is 0. The average Bonchev–Trinajstić information content (AvgIpc) is 1.72. The molecular formula is C5H2LiN. The van der Waals surface area contributed by atoms with Gasteiger partial charge in [0, 0.05) is 0 Å². The Morgan fingerprint density at radius 2 is 2.43 bits per heavy atom. The maximum Gasteiger partial charge on any atom is 1.00 e. The van der Waals surface area contributed by atoms with Gasteiger partial charge in [-0.2, -0.15) is 6.07 Å². The molecule has 1 heterocycles. The van der Waals surface area contributed by atoms with Crippen LogP contribution in [0, 0.1) is 18.2 Å². The second-order valence-electron chi connectivity index (χ2n) is 0.821. The van der Waals surface area contributed by atoms with Crippen LogP contribution in [0.5, 0.6) is 0 Å². The summed E-state index contributed by atoms with van der Waals surface area (Å²) in [6.45, 7) is 0. The first-order chi connectivity index (χ1) is 3.00. The standard InChI is InChI=1S/C5H2N.Li/c1-2-4-6-5-3-1;/h4-5H;/q-1;+1. The van der Waals surface area contributed by atoms with E-state index < -0.39 is 0 Å². The molecule has 0 aliphatic carbocycles. The minimum atomic E-state index is 0. The second-order valence-corrected chi connectivity index (χ2v) is 0.821. The Bertz CT molecular complexity index is 80.0. The van der Waals surface area contributed by atoms with Crippen molar-refractivity contribution in [2.75, 3.05) is 0 Å². The number of nitrogens with zero attached hydrogens (tertiary/aromatic N) is 1. The van der Waals surface area contributed by atoms with E-state index in [0.29, 0.717) is 0 Å². The largest absolute Gasteiger partial charge is 1.00 e. The molecule has 0 amide bonds. The molecule has 1 aromatic heterocycles. The topological polar surface area (TPSA) is 12.9 Å². The van der Waals surface area contributed by atoms with Crippen molar-refractivity contribution in [1.82, 2.24) is 4.98 Å². The molecule has 0 saturated carbocycles. The van der Waals surface area contributed by atoms with Gasteiger partial charge in [-0.15, -0.1) is 0 Å². The molecule has 0 bridgehead atoms. The predicted octanol–water partition coefficient (Wildman–Crippen LogP) is -2.51. The van der Waals surface area contributed by atoms with E-state index >= 15 is 0 Å². The summed E-state index contributed by atoms with van der Waals surface area (Å²) < 4.78 is 0. The molecule has 28 valence electrons. The molecular weight excluding hydrogens is 81.0 g/mol. The number of aromatic nitrogens is 1. The van der Waals surface area contributed by atoms with Crippen molar-refractivity contribution in [3.63, 3.8) is 0 Å². The molecule has 0 aliphatic heterocycles. The molecule has 0 fully saturated rings. The zero-order valence-corrected chi connectivity index (χ0v) is 4.10. The van der Waals surface area contributed by atoms with E-state index in [1.165, 1.54) is 12.4 Å². The Balaban J connectivity index is 0.000000360. The SMILES string of the molecule is [Li+].c1[c-]cncc#1. The molecule has 7 heavy (non-hydrogen) atoms. The first kappa shape index (κ1) is 6.57. The fourth-order valence-corrected chi connectivity index (χ4v) is 0.218. The van der Waals surface area contributed by atoms with Crippen LogP contribution in [0.2, 0.25) is 0 Å². The Labute approximate surface area is 54.9 Å². The first-order valence-electron chi connectivity index (χ1n) is 1.59. The van der Waals surface area contributed by atoms with E-state index in [9.17, 15) is 0 Å². The van der Waals surface area contributed by atoms with Crippen molar-refractivity contribution in [2.45, 2.75) is 0 Å². The van der Waals surface area contributed by atoms with E-state index in [-0.39, 0.29) is 18.9 Å². The third-order valence-electron chi connectivity index (χ3n) is 0.423. The van der Waals surface area contributed by atoms with Gasteiger partial charge in [-0.3, -0.25) is 17.1 Å². The quantitative estimate of drug-likeness (QED) is 0.249. The van der Waals surface area contributed by atoms with Gasteiger partial charge >= 0.3 is 18.9 Å². The van der Waals surface area contributed by atoms with Crippen LogP contribution >= 0.6 is 0 Å². The van der Waals surface area contributed by atoms with E-state index in [2.05, 4.69) is 23.2 Å². The Hall–Kier alpha value is -0.433. The third-order valence-corrected chi connectivity index (χ3v) is 0.423. The molecule has 0 aliphatic rings. The van der Waals surface area contributed by atoms with Gasteiger partial charge in [-0.05, 0) is 6.20 Å². The fourth-order valence-electron chi connectivity index (χ4n) is 0.218. The maximum atomic E-state index is 3.64. The molecule has 0 aromatic carbocycles. The third kappa shape index (κ3) is 2.29. The van der Waals surface area contributed by atoms with Crippen molar-refractivity contribution < 1.29 is 18.9 Å². The van der Waals surface area contributed by atoms with Gasteiger partial charge in [0.15, 0.2) is 0 Å². The van der Waals surface area contributed by atoms with E-state index in [1.807, 2.05) is 0 Å². The Morgan fingerprint density at radius 1 is 1.57 bits per heavy atom. The van der Waals surface area contributed by atoms with Crippen molar-refractivity contribution >= 4 is 0 Å². The van der Waals surface area contributed by atoms with E-state index in [1.54, 1.807) is 0 Å². The van der Waals surface area contributed by atoms with E-state index in [4.69, 9.17) is 0 Å². The van der Waals surface area contributed by atoms with Gasteiger partial charge in [0.05, 0.1) is 0 Å². The maximum absolute atomic E-state index is 3.64. The molecule has 0 unspecified atom stereocenters. The molecule has 0 N–H and O–H groups in total. The summed E-state index contributed by atoms with van der Waals surface area (Å²) in [6, 6.07) is 7.78. The van der Waals surface area contributed by atoms with Crippen molar-refractivity contribution in [2.24, 2.45) is 0 Å². The van der Waals surface area contributed by atoms with Crippen LogP contribution in [0.25, 0.3) is 0 Å². The predicted molar refractivity (Wildman–Crippen MR) is 20.7 cm³/mol. The van der Waals surface area contributed by atoms with Crippen molar-refractivity contribution in [1.29, 1.82) is 0 Å². The van der Waals surface area contributed by atoms with Gasteiger partial charge in [0.1, 0.15) is 0 Å².